The average Bonchev–Trinajstić information content (AvgIpc) is 2.72. The molecular weight excluding hydrogens is 324 g/mol. The smallest absolute Gasteiger partial charge is 0.410 e. The number of carbonyl (C=O) groups excluding carboxylic acids is 1. The lowest BCUT2D eigenvalue weighted by atomic mass is 10.2. The van der Waals surface area contributed by atoms with E-state index in [-0.39, 0.29) is 6.09 Å². The van der Waals surface area contributed by atoms with Crippen LogP contribution in [0.25, 0.3) is 0 Å². The van der Waals surface area contributed by atoms with Gasteiger partial charge in [-0.05, 0) is 55.8 Å². The molecule has 0 saturated heterocycles. The minimum Gasteiger partial charge on any atom is -0.453 e. The van der Waals surface area contributed by atoms with Gasteiger partial charge in [-0.1, -0.05) is 0 Å². The molecule has 0 fully saturated rings. The summed E-state index contributed by atoms with van der Waals surface area (Å²) in [5.41, 5.74) is -0.460. The van der Waals surface area contributed by atoms with Gasteiger partial charge in [0.25, 0.3) is 0 Å². The number of ether oxygens (including phenoxy) is 1. The third-order valence-corrected chi connectivity index (χ3v) is 2.95. The molecule has 0 saturated carbocycles. The van der Waals surface area contributed by atoms with Crippen LogP contribution in [0.4, 0.5) is 4.79 Å². The molecule has 0 unspecified atom stereocenters. The minimum atomic E-state index is -0.460. The van der Waals surface area contributed by atoms with Gasteiger partial charge in [0.2, 0.25) is 0 Å². The van der Waals surface area contributed by atoms with Crippen molar-refractivity contribution >= 4 is 22.0 Å². The fraction of sp³-hybridized carbons (Fsp3) is 0.643. The number of likely N-dealkylation sites (N-methyl/N-ethyl adjacent to an activating group) is 1. The molecule has 1 heterocycles. The molecule has 0 aliphatic rings. The van der Waals surface area contributed by atoms with Gasteiger partial charge in [0, 0.05) is 19.6 Å². The van der Waals surface area contributed by atoms with Crippen molar-refractivity contribution < 1.29 is 13.9 Å². The summed E-state index contributed by atoms with van der Waals surface area (Å²) in [7, 11) is 0. The molecule has 0 aliphatic heterocycles. The van der Waals surface area contributed by atoms with Crippen molar-refractivity contribution in [1.29, 1.82) is 0 Å². The molecule has 0 radical (unpaired) electrons. The predicted molar refractivity (Wildman–Crippen MR) is 81.6 cm³/mol. The van der Waals surface area contributed by atoms with Crippen LogP contribution in [0.3, 0.4) is 0 Å². The van der Waals surface area contributed by atoms with Gasteiger partial charge in [0.05, 0.1) is 6.54 Å². The number of hydrogen-bond donors (Lipinski definition) is 1. The Hall–Kier alpha value is -1.01. The Morgan fingerprint density at radius 2 is 2.15 bits per heavy atom. The minimum absolute atomic E-state index is 0.275. The van der Waals surface area contributed by atoms with Crippen molar-refractivity contribution in [2.24, 2.45) is 0 Å². The lowest BCUT2D eigenvalue weighted by Crippen LogP contribution is -2.40. The Kier molecular flexibility index (Phi) is 6.55. The van der Waals surface area contributed by atoms with E-state index in [9.17, 15) is 4.79 Å². The van der Waals surface area contributed by atoms with Gasteiger partial charge in [-0.3, -0.25) is 0 Å². The van der Waals surface area contributed by atoms with Crippen LogP contribution in [0.2, 0.25) is 0 Å². The molecule has 1 rings (SSSR count). The highest BCUT2D eigenvalue weighted by atomic mass is 79.9. The van der Waals surface area contributed by atoms with Crippen molar-refractivity contribution in [3.8, 4) is 0 Å². The average molecular weight is 347 g/mol. The van der Waals surface area contributed by atoms with Crippen LogP contribution in [0.5, 0.6) is 0 Å². The Labute approximate surface area is 128 Å². The van der Waals surface area contributed by atoms with E-state index < -0.39 is 5.60 Å². The van der Waals surface area contributed by atoms with E-state index in [0.29, 0.717) is 26.2 Å². The van der Waals surface area contributed by atoms with Gasteiger partial charge < -0.3 is 19.4 Å². The molecule has 0 atom stereocenters. The van der Waals surface area contributed by atoms with Gasteiger partial charge in [0.1, 0.15) is 11.4 Å². The zero-order valence-corrected chi connectivity index (χ0v) is 14.1. The van der Waals surface area contributed by atoms with E-state index in [2.05, 4.69) is 21.2 Å². The van der Waals surface area contributed by atoms with Crippen LogP contribution < -0.4 is 5.32 Å². The number of rotatable bonds is 6. The Morgan fingerprint density at radius 1 is 1.45 bits per heavy atom. The first-order valence-corrected chi connectivity index (χ1v) is 7.54. The lowest BCUT2D eigenvalue weighted by Gasteiger charge is -2.26. The van der Waals surface area contributed by atoms with E-state index in [1.54, 1.807) is 4.90 Å². The molecule has 114 valence electrons. The predicted octanol–water partition coefficient (Wildman–Crippen LogP) is 3.39. The third-order valence-electron chi connectivity index (χ3n) is 2.52. The van der Waals surface area contributed by atoms with Crippen molar-refractivity contribution in [3.05, 3.63) is 22.6 Å². The van der Waals surface area contributed by atoms with E-state index in [4.69, 9.17) is 9.15 Å². The number of hydrogen-bond acceptors (Lipinski definition) is 4. The molecular formula is C14H23BrN2O3. The number of nitrogens with zero attached hydrogens (tertiary/aromatic N) is 1. The van der Waals surface area contributed by atoms with E-state index >= 15 is 0 Å². The summed E-state index contributed by atoms with van der Waals surface area (Å²) in [4.78, 5) is 13.6. The highest BCUT2D eigenvalue weighted by Gasteiger charge is 2.20. The maximum atomic E-state index is 11.9. The SMILES string of the molecule is CCN(CCNCc1ccc(Br)o1)C(=O)OC(C)(C)C. The van der Waals surface area contributed by atoms with Crippen LogP contribution in [0.15, 0.2) is 21.2 Å². The third kappa shape index (κ3) is 6.43. The topological polar surface area (TPSA) is 54.7 Å². The highest BCUT2D eigenvalue weighted by Crippen LogP contribution is 2.13. The maximum absolute atomic E-state index is 11.9. The summed E-state index contributed by atoms with van der Waals surface area (Å²) in [6.45, 7) is 10.1. The normalized spacial score (nSPS) is 11.4. The molecule has 0 aliphatic carbocycles. The summed E-state index contributed by atoms with van der Waals surface area (Å²) < 4.78 is 11.4. The zero-order chi connectivity index (χ0) is 15.2. The first-order chi connectivity index (χ1) is 9.31. The van der Waals surface area contributed by atoms with Crippen molar-refractivity contribution in [2.75, 3.05) is 19.6 Å². The number of halogens is 1. The maximum Gasteiger partial charge on any atom is 0.410 e. The van der Waals surface area contributed by atoms with Gasteiger partial charge in [-0.2, -0.15) is 0 Å². The van der Waals surface area contributed by atoms with Crippen molar-refractivity contribution in [2.45, 2.75) is 39.8 Å². The molecule has 6 heteroatoms. The molecule has 1 aromatic heterocycles. The summed E-state index contributed by atoms with van der Waals surface area (Å²) in [6, 6.07) is 3.76. The largest absolute Gasteiger partial charge is 0.453 e. The summed E-state index contributed by atoms with van der Waals surface area (Å²) >= 11 is 3.26. The molecule has 1 N–H and O–H groups in total. The summed E-state index contributed by atoms with van der Waals surface area (Å²) in [5.74, 6) is 0.859. The quantitative estimate of drug-likeness (QED) is 0.802. The van der Waals surface area contributed by atoms with Crippen LogP contribution >= 0.6 is 15.9 Å². The molecule has 20 heavy (non-hydrogen) atoms. The van der Waals surface area contributed by atoms with Gasteiger partial charge in [-0.25, -0.2) is 4.79 Å². The number of furan rings is 1. The second-order valence-electron chi connectivity index (χ2n) is 5.44. The van der Waals surface area contributed by atoms with E-state index in [1.807, 2.05) is 39.8 Å². The molecule has 0 spiro atoms. The number of amides is 1. The van der Waals surface area contributed by atoms with Crippen LogP contribution in [0, 0.1) is 0 Å². The summed E-state index contributed by atoms with van der Waals surface area (Å²) in [5, 5.41) is 3.23. The molecule has 1 amide bonds. The Balaban J connectivity index is 2.29. The second-order valence-corrected chi connectivity index (χ2v) is 6.22. The van der Waals surface area contributed by atoms with Crippen LogP contribution in [0.1, 0.15) is 33.5 Å². The van der Waals surface area contributed by atoms with E-state index in [0.717, 1.165) is 10.4 Å². The Bertz CT molecular complexity index is 426. The first-order valence-electron chi connectivity index (χ1n) is 6.74. The number of nitrogens with one attached hydrogen (secondary N) is 1. The standard InChI is InChI=1S/C14H23BrN2O3/c1-5-17(13(18)20-14(2,3)4)9-8-16-10-11-6-7-12(15)19-11/h6-7,16H,5,8-10H2,1-4H3. The molecule has 1 aromatic rings. The number of carbonyl (C=O) groups is 1. The molecule has 0 aromatic carbocycles. The fourth-order valence-corrected chi connectivity index (χ4v) is 1.92. The van der Waals surface area contributed by atoms with Crippen molar-refractivity contribution in [3.63, 3.8) is 0 Å². The first kappa shape index (κ1) is 17.0. The molecule has 5 nitrogen and oxygen atoms in total. The van der Waals surface area contributed by atoms with E-state index in [1.165, 1.54) is 0 Å². The summed E-state index contributed by atoms with van der Waals surface area (Å²) in [6.07, 6.45) is -0.275. The van der Waals surface area contributed by atoms with Crippen LogP contribution in [-0.2, 0) is 11.3 Å². The second kappa shape index (κ2) is 7.69. The van der Waals surface area contributed by atoms with Gasteiger partial charge in [0.15, 0.2) is 4.67 Å². The van der Waals surface area contributed by atoms with Crippen LogP contribution in [-0.4, -0.2) is 36.2 Å². The lowest BCUT2D eigenvalue weighted by molar-refractivity contribution is 0.0262. The zero-order valence-electron chi connectivity index (χ0n) is 12.5. The molecule has 0 bridgehead atoms. The monoisotopic (exact) mass is 346 g/mol. The Morgan fingerprint density at radius 3 is 2.65 bits per heavy atom. The van der Waals surface area contributed by atoms with Crippen molar-refractivity contribution in [1.82, 2.24) is 10.2 Å². The highest BCUT2D eigenvalue weighted by molar-refractivity contribution is 9.10. The van der Waals surface area contributed by atoms with Gasteiger partial charge in [-0.15, -0.1) is 0 Å². The fourth-order valence-electron chi connectivity index (χ4n) is 1.58. The van der Waals surface area contributed by atoms with Gasteiger partial charge >= 0.3 is 6.09 Å².